The van der Waals surface area contributed by atoms with Crippen molar-refractivity contribution in [2.75, 3.05) is 32.0 Å². The summed E-state index contributed by atoms with van der Waals surface area (Å²) in [7, 11) is -3.55. The van der Waals surface area contributed by atoms with Gasteiger partial charge in [-0.05, 0) is 51.6 Å². The molecule has 7 heteroatoms. The topological polar surface area (TPSA) is 75.7 Å². The minimum atomic E-state index is -3.55. The average Bonchev–Trinajstić information content (AvgIpc) is 3.21. The van der Waals surface area contributed by atoms with Crippen molar-refractivity contribution >= 4 is 16.0 Å². The molecule has 1 N–H and O–H groups in total. The Morgan fingerprint density at radius 3 is 2.65 bits per heavy atom. The largest absolute Gasteiger partial charge is 0.465 e. The van der Waals surface area contributed by atoms with Crippen molar-refractivity contribution in [3.05, 3.63) is 0 Å². The lowest BCUT2D eigenvalue weighted by Gasteiger charge is -2.29. The van der Waals surface area contributed by atoms with E-state index in [0.717, 1.165) is 38.8 Å². The smallest absolute Gasteiger partial charge is 0.322 e. The van der Waals surface area contributed by atoms with E-state index < -0.39 is 21.7 Å². The third kappa shape index (κ3) is 4.43. The number of esters is 1. The van der Waals surface area contributed by atoms with Gasteiger partial charge in [-0.1, -0.05) is 0 Å². The molecule has 20 heavy (non-hydrogen) atoms. The minimum Gasteiger partial charge on any atom is -0.465 e. The molecule has 116 valence electrons. The number of hydrogen-bond acceptors (Lipinski definition) is 5. The van der Waals surface area contributed by atoms with Crippen LogP contribution < -0.4 is 5.32 Å². The molecule has 1 unspecified atom stereocenters. The van der Waals surface area contributed by atoms with Crippen LogP contribution in [0.4, 0.5) is 0 Å². The summed E-state index contributed by atoms with van der Waals surface area (Å²) in [5.41, 5.74) is 0. The first-order valence-electron chi connectivity index (χ1n) is 7.38. The van der Waals surface area contributed by atoms with E-state index in [9.17, 15) is 13.2 Å². The summed E-state index contributed by atoms with van der Waals surface area (Å²) in [6.45, 7) is 4.29. The summed E-state index contributed by atoms with van der Waals surface area (Å²) < 4.78 is 31.1. The van der Waals surface area contributed by atoms with Crippen LogP contribution in [-0.4, -0.2) is 56.7 Å². The van der Waals surface area contributed by atoms with Crippen LogP contribution in [0, 0.1) is 5.92 Å². The molecule has 6 nitrogen and oxygen atoms in total. The van der Waals surface area contributed by atoms with Crippen molar-refractivity contribution in [3.63, 3.8) is 0 Å². The van der Waals surface area contributed by atoms with Crippen molar-refractivity contribution in [1.29, 1.82) is 0 Å². The molecule has 1 heterocycles. The second-order valence-corrected chi connectivity index (χ2v) is 7.50. The normalized spacial score (nSPS) is 23.8. The van der Waals surface area contributed by atoms with Crippen LogP contribution in [-0.2, 0) is 19.6 Å². The zero-order valence-corrected chi connectivity index (χ0v) is 12.8. The van der Waals surface area contributed by atoms with Gasteiger partial charge < -0.3 is 10.1 Å². The molecule has 1 aliphatic carbocycles. The van der Waals surface area contributed by atoms with E-state index in [2.05, 4.69) is 5.32 Å². The third-order valence-corrected chi connectivity index (χ3v) is 5.52. The first-order valence-corrected chi connectivity index (χ1v) is 8.99. The molecule has 1 saturated carbocycles. The first-order chi connectivity index (χ1) is 9.53. The van der Waals surface area contributed by atoms with E-state index in [-0.39, 0.29) is 12.6 Å². The van der Waals surface area contributed by atoms with Crippen LogP contribution in [0.2, 0.25) is 0 Å². The standard InChI is InChI=1S/C13H24N2O4S/c1-2-19-13(16)10-20(17,18)15(12-5-6-12)9-11-4-3-7-14-8-11/h11-12,14H,2-10H2,1H3. The van der Waals surface area contributed by atoms with Crippen LogP contribution in [0.1, 0.15) is 32.6 Å². The molecule has 2 fully saturated rings. The summed E-state index contributed by atoms with van der Waals surface area (Å²) >= 11 is 0. The van der Waals surface area contributed by atoms with Gasteiger partial charge in [0, 0.05) is 12.6 Å². The number of hydrogen-bond donors (Lipinski definition) is 1. The Hall–Kier alpha value is -0.660. The van der Waals surface area contributed by atoms with E-state index in [1.165, 1.54) is 0 Å². The molecule has 1 aliphatic heterocycles. The number of rotatable bonds is 7. The maximum atomic E-state index is 12.4. The van der Waals surface area contributed by atoms with Gasteiger partial charge in [0.15, 0.2) is 5.75 Å². The number of piperidine rings is 1. The molecular formula is C13H24N2O4S. The number of carbonyl (C=O) groups excluding carboxylic acids is 1. The van der Waals surface area contributed by atoms with Crippen molar-refractivity contribution < 1.29 is 17.9 Å². The summed E-state index contributed by atoms with van der Waals surface area (Å²) in [5, 5.41) is 3.30. The Bertz CT molecular complexity index is 428. The third-order valence-electron chi connectivity index (χ3n) is 3.75. The predicted molar refractivity (Wildman–Crippen MR) is 75.7 cm³/mol. The molecule has 0 aromatic carbocycles. The average molecular weight is 304 g/mol. The van der Waals surface area contributed by atoms with Gasteiger partial charge in [-0.3, -0.25) is 4.79 Å². The Balaban J connectivity index is 1.97. The number of nitrogens with one attached hydrogen (secondary N) is 1. The van der Waals surface area contributed by atoms with Crippen LogP contribution >= 0.6 is 0 Å². The zero-order valence-electron chi connectivity index (χ0n) is 12.0. The van der Waals surface area contributed by atoms with Crippen molar-refractivity contribution in [3.8, 4) is 0 Å². The lowest BCUT2D eigenvalue weighted by atomic mass is 10.00. The predicted octanol–water partition coefficient (Wildman–Crippen LogP) is 0.343. The van der Waals surface area contributed by atoms with E-state index >= 15 is 0 Å². The Labute approximate surface area is 120 Å². The zero-order chi connectivity index (χ0) is 14.6. The number of sulfonamides is 1. The van der Waals surface area contributed by atoms with E-state index in [0.29, 0.717) is 12.5 Å². The molecule has 0 spiro atoms. The van der Waals surface area contributed by atoms with Crippen LogP contribution in [0.3, 0.4) is 0 Å². The highest BCUT2D eigenvalue weighted by Crippen LogP contribution is 2.31. The number of nitrogens with zero attached hydrogens (tertiary/aromatic N) is 1. The first kappa shape index (κ1) is 15.7. The second-order valence-electron chi connectivity index (χ2n) is 5.57. The number of carbonyl (C=O) groups is 1. The highest BCUT2D eigenvalue weighted by atomic mass is 32.2. The molecule has 1 atom stereocenters. The lowest BCUT2D eigenvalue weighted by molar-refractivity contribution is -0.140. The second kappa shape index (κ2) is 6.87. The molecule has 1 saturated heterocycles. The van der Waals surface area contributed by atoms with Gasteiger partial charge in [0.2, 0.25) is 10.0 Å². The fourth-order valence-electron chi connectivity index (χ4n) is 2.62. The van der Waals surface area contributed by atoms with Gasteiger partial charge in [-0.25, -0.2) is 8.42 Å². The fraction of sp³-hybridized carbons (Fsp3) is 0.923. The van der Waals surface area contributed by atoms with E-state index in [1.807, 2.05) is 0 Å². The Morgan fingerprint density at radius 1 is 1.35 bits per heavy atom. The quantitative estimate of drug-likeness (QED) is 0.687. The highest BCUT2D eigenvalue weighted by Gasteiger charge is 2.39. The molecule has 0 radical (unpaired) electrons. The van der Waals surface area contributed by atoms with Gasteiger partial charge in [0.25, 0.3) is 0 Å². The van der Waals surface area contributed by atoms with E-state index in [1.54, 1.807) is 11.2 Å². The van der Waals surface area contributed by atoms with Gasteiger partial charge in [0.05, 0.1) is 6.61 Å². The van der Waals surface area contributed by atoms with Gasteiger partial charge in [0.1, 0.15) is 0 Å². The van der Waals surface area contributed by atoms with Crippen molar-refractivity contribution in [2.24, 2.45) is 5.92 Å². The minimum absolute atomic E-state index is 0.0938. The fourth-order valence-corrected chi connectivity index (χ4v) is 4.27. The summed E-state index contributed by atoms with van der Waals surface area (Å²) in [6.07, 6.45) is 3.94. The van der Waals surface area contributed by atoms with Crippen LogP contribution in [0.15, 0.2) is 0 Å². The van der Waals surface area contributed by atoms with Crippen molar-refractivity contribution in [1.82, 2.24) is 9.62 Å². The maximum Gasteiger partial charge on any atom is 0.322 e. The van der Waals surface area contributed by atoms with E-state index in [4.69, 9.17) is 4.74 Å². The summed E-state index contributed by atoms with van der Waals surface area (Å²) in [4.78, 5) is 11.5. The Morgan fingerprint density at radius 2 is 2.10 bits per heavy atom. The van der Waals surface area contributed by atoms with Crippen LogP contribution in [0.5, 0.6) is 0 Å². The molecule has 0 aromatic heterocycles. The van der Waals surface area contributed by atoms with Gasteiger partial charge in [-0.15, -0.1) is 0 Å². The Kier molecular flexibility index (Phi) is 5.40. The van der Waals surface area contributed by atoms with Gasteiger partial charge >= 0.3 is 5.97 Å². The van der Waals surface area contributed by atoms with Gasteiger partial charge in [-0.2, -0.15) is 4.31 Å². The van der Waals surface area contributed by atoms with Crippen molar-refractivity contribution in [2.45, 2.75) is 38.6 Å². The lowest BCUT2D eigenvalue weighted by Crippen LogP contribution is -2.44. The SMILES string of the molecule is CCOC(=O)CS(=O)(=O)N(CC1CCCNC1)C1CC1. The van der Waals surface area contributed by atoms with Crippen LogP contribution in [0.25, 0.3) is 0 Å². The molecule has 2 rings (SSSR count). The molecule has 0 aromatic rings. The summed E-state index contributed by atoms with van der Waals surface area (Å²) in [6, 6.07) is 0.0938. The number of ether oxygens (including phenoxy) is 1. The monoisotopic (exact) mass is 304 g/mol. The highest BCUT2D eigenvalue weighted by molar-refractivity contribution is 7.89. The molecule has 0 bridgehead atoms. The maximum absolute atomic E-state index is 12.4. The molecular weight excluding hydrogens is 280 g/mol. The molecule has 0 amide bonds. The summed E-state index contributed by atoms with van der Waals surface area (Å²) in [5.74, 6) is -0.835. The molecule has 2 aliphatic rings.